The zero-order valence-corrected chi connectivity index (χ0v) is 6.55. The molecule has 1 atom stereocenters. The molecule has 0 aliphatic heterocycles. The summed E-state index contributed by atoms with van der Waals surface area (Å²) in [6.45, 7) is 2.67. The van der Waals surface area contributed by atoms with Crippen LogP contribution in [-0.2, 0) is 9.53 Å². The summed E-state index contributed by atoms with van der Waals surface area (Å²) in [5, 5.41) is 8.11. The summed E-state index contributed by atoms with van der Waals surface area (Å²) in [4.78, 5) is 10.0. The Hall–Kier alpha value is -0.780. The summed E-state index contributed by atoms with van der Waals surface area (Å²) in [6, 6.07) is 0. The van der Waals surface area contributed by atoms with Crippen molar-refractivity contribution in [3.8, 4) is 0 Å². The number of halogens is 3. The van der Waals surface area contributed by atoms with Crippen molar-refractivity contribution in [2.75, 3.05) is 0 Å². The average Bonchev–Trinajstić information content (AvgIpc) is 1.79. The van der Waals surface area contributed by atoms with Crippen LogP contribution < -0.4 is 0 Å². The molecule has 0 aromatic heterocycles. The number of hydrogen-bond donors (Lipinski definition) is 1. The predicted octanol–water partition coefficient (Wildman–Crippen LogP) is 1.43. The Morgan fingerprint density at radius 2 is 1.83 bits per heavy atom. The van der Waals surface area contributed by atoms with Crippen LogP contribution >= 0.6 is 0 Å². The topological polar surface area (TPSA) is 46.5 Å². The van der Waals surface area contributed by atoms with Gasteiger partial charge in [-0.1, -0.05) is 0 Å². The van der Waals surface area contributed by atoms with Crippen LogP contribution in [0.25, 0.3) is 0 Å². The molecule has 3 nitrogen and oxygen atoms in total. The average molecular weight is 186 g/mol. The second-order valence-corrected chi connectivity index (χ2v) is 2.44. The first-order valence-electron chi connectivity index (χ1n) is 3.20. The van der Waals surface area contributed by atoms with Crippen molar-refractivity contribution in [3.63, 3.8) is 0 Å². The van der Waals surface area contributed by atoms with Crippen LogP contribution in [0, 0.1) is 0 Å². The number of rotatable bonds is 3. The van der Waals surface area contributed by atoms with Crippen LogP contribution in [-0.4, -0.2) is 29.5 Å². The monoisotopic (exact) mass is 186 g/mol. The van der Waals surface area contributed by atoms with E-state index in [-0.39, 0.29) is 0 Å². The van der Waals surface area contributed by atoms with Crippen molar-refractivity contribution in [1.29, 1.82) is 0 Å². The van der Waals surface area contributed by atoms with E-state index < -0.39 is 24.4 Å². The van der Waals surface area contributed by atoms with Gasteiger partial charge in [-0.05, 0) is 13.8 Å². The number of ether oxygens (including phenoxy) is 1. The van der Waals surface area contributed by atoms with Gasteiger partial charge in [-0.2, -0.15) is 13.2 Å². The number of carboxylic acids is 1. The molecule has 0 amide bonds. The molecule has 0 aliphatic carbocycles. The van der Waals surface area contributed by atoms with Crippen LogP contribution in [0.5, 0.6) is 0 Å². The number of aliphatic carboxylic acids is 1. The van der Waals surface area contributed by atoms with Gasteiger partial charge in [0.2, 0.25) is 0 Å². The van der Waals surface area contributed by atoms with Gasteiger partial charge in [-0.3, -0.25) is 0 Å². The van der Waals surface area contributed by atoms with Gasteiger partial charge in [0.05, 0.1) is 6.10 Å². The highest BCUT2D eigenvalue weighted by Crippen LogP contribution is 2.23. The minimum atomic E-state index is -4.85. The third kappa shape index (κ3) is 3.56. The van der Waals surface area contributed by atoms with Crippen molar-refractivity contribution in [2.45, 2.75) is 32.2 Å². The van der Waals surface area contributed by atoms with E-state index in [9.17, 15) is 18.0 Å². The van der Waals surface area contributed by atoms with E-state index in [2.05, 4.69) is 4.74 Å². The molecule has 0 saturated carbocycles. The highest BCUT2D eigenvalue weighted by Gasteiger charge is 2.46. The van der Waals surface area contributed by atoms with Gasteiger partial charge in [0, 0.05) is 0 Å². The summed E-state index contributed by atoms with van der Waals surface area (Å²) in [5.41, 5.74) is 0. The first-order valence-corrected chi connectivity index (χ1v) is 3.20. The standard InChI is InChI=1S/C6H9F3O3/c1-3(2)12-4(5(10)11)6(7,8)9/h3-4H,1-2H3,(H,10,11). The molecular formula is C6H9F3O3. The van der Waals surface area contributed by atoms with Gasteiger partial charge >= 0.3 is 12.1 Å². The SMILES string of the molecule is CC(C)OC(C(=O)O)C(F)(F)F. The summed E-state index contributed by atoms with van der Waals surface area (Å²) in [6.07, 6.45) is -8.35. The van der Waals surface area contributed by atoms with E-state index in [1.165, 1.54) is 13.8 Å². The first kappa shape index (κ1) is 11.2. The Morgan fingerprint density at radius 1 is 1.42 bits per heavy atom. The molecule has 72 valence electrons. The predicted molar refractivity (Wildman–Crippen MR) is 33.7 cm³/mol. The van der Waals surface area contributed by atoms with Gasteiger partial charge in [0.1, 0.15) is 0 Å². The maximum absolute atomic E-state index is 11.8. The molecule has 6 heteroatoms. The Balaban J connectivity index is 4.35. The highest BCUT2D eigenvalue weighted by molar-refractivity contribution is 5.73. The third-order valence-electron chi connectivity index (χ3n) is 0.930. The van der Waals surface area contributed by atoms with Crippen molar-refractivity contribution in [3.05, 3.63) is 0 Å². The molecule has 0 rings (SSSR count). The molecule has 1 N–H and O–H groups in total. The highest BCUT2D eigenvalue weighted by atomic mass is 19.4. The smallest absolute Gasteiger partial charge is 0.425 e. The molecular weight excluding hydrogens is 177 g/mol. The van der Waals surface area contributed by atoms with Crippen LogP contribution in [0.15, 0.2) is 0 Å². The van der Waals surface area contributed by atoms with Gasteiger partial charge in [0.15, 0.2) is 0 Å². The third-order valence-corrected chi connectivity index (χ3v) is 0.930. The van der Waals surface area contributed by atoms with E-state index in [4.69, 9.17) is 5.11 Å². The molecule has 12 heavy (non-hydrogen) atoms. The fourth-order valence-electron chi connectivity index (χ4n) is 0.548. The Kier molecular flexibility index (Phi) is 3.51. The lowest BCUT2D eigenvalue weighted by molar-refractivity contribution is -0.234. The van der Waals surface area contributed by atoms with Crippen molar-refractivity contribution in [2.24, 2.45) is 0 Å². The molecule has 0 fully saturated rings. The van der Waals surface area contributed by atoms with Crippen LogP contribution in [0.3, 0.4) is 0 Å². The van der Waals surface area contributed by atoms with Crippen molar-refractivity contribution >= 4 is 5.97 Å². The quantitative estimate of drug-likeness (QED) is 0.725. The molecule has 0 aromatic rings. The maximum atomic E-state index is 11.8. The molecule has 0 aromatic carbocycles. The number of hydrogen-bond acceptors (Lipinski definition) is 2. The van der Waals surface area contributed by atoms with Crippen molar-refractivity contribution < 1.29 is 27.8 Å². The van der Waals surface area contributed by atoms with E-state index in [1.807, 2.05) is 0 Å². The zero-order valence-electron chi connectivity index (χ0n) is 6.55. The van der Waals surface area contributed by atoms with E-state index in [0.717, 1.165) is 0 Å². The van der Waals surface area contributed by atoms with Crippen LogP contribution in [0.2, 0.25) is 0 Å². The fraction of sp³-hybridized carbons (Fsp3) is 0.833. The second kappa shape index (κ2) is 3.75. The Bertz CT molecular complexity index is 164. The van der Waals surface area contributed by atoms with E-state index in [0.29, 0.717) is 0 Å². The summed E-state index contributed by atoms with van der Waals surface area (Å²) >= 11 is 0. The van der Waals surface area contributed by atoms with Gasteiger partial charge in [-0.25, -0.2) is 4.79 Å². The van der Waals surface area contributed by atoms with Crippen molar-refractivity contribution in [1.82, 2.24) is 0 Å². The summed E-state index contributed by atoms with van der Waals surface area (Å²) < 4.78 is 39.6. The molecule has 0 radical (unpaired) electrons. The maximum Gasteiger partial charge on any atom is 0.425 e. The normalized spacial score (nSPS) is 14.8. The van der Waals surface area contributed by atoms with E-state index in [1.54, 1.807) is 0 Å². The van der Waals surface area contributed by atoms with Gasteiger partial charge in [-0.15, -0.1) is 0 Å². The lowest BCUT2D eigenvalue weighted by atomic mass is 10.3. The zero-order chi connectivity index (χ0) is 9.94. The molecule has 0 saturated heterocycles. The lowest BCUT2D eigenvalue weighted by Crippen LogP contribution is -2.40. The van der Waals surface area contributed by atoms with Gasteiger partial charge in [0.25, 0.3) is 6.10 Å². The summed E-state index contributed by atoms with van der Waals surface area (Å²) in [5.74, 6) is -2.02. The second-order valence-electron chi connectivity index (χ2n) is 2.44. The minimum Gasteiger partial charge on any atom is -0.479 e. The number of carboxylic acid groups (broad SMARTS) is 1. The van der Waals surface area contributed by atoms with E-state index >= 15 is 0 Å². The molecule has 0 spiro atoms. The number of carbonyl (C=O) groups is 1. The lowest BCUT2D eigenvalue weighted by Gasteiger charge is -2.18. The van der Waals surface area contributed by atoms with Crippen LogP contribution in [0.1, 0.15) is 13.8 Å². The molecule has 0 bridgehead atoms. The summed E-state index contributed by atoms with van der Waals surface area (Å²) in [7, 11) is 0. The number of alkyl halides is 3. The molecule has 1 unspecified atom stereocenters. The molecule has 0 aliphatic rings. The Morgan fingerprint density at radius 3 is 1.92 bits per heavy atom. The first-order chi connectivity index (χ1) is 5.25. The fourth-order valence-corrected chi connectivity index (χ4v) is 0.548. The minimum absolute atomic E-state index is 0.771. The Labute approximate surface area is 67.1 Å². The van der Waals surface area contributed by atoms with Crippen LogP contribution in [0.4, 0.5) is 13.2 Å². The largest absolute Gasteiger partial charge is 0.479 e. The molecule has 0 heterocycles. The van der Waals surface area contributed by atoms with Gasteiger partial charge < -0.3 is 9.84 Å².